The van der Waals surface area contributed by atoms with Crippen LogP contribution in [-0.4, -0.2) is 18.6 Å². The van der Waals surface area contributed by atoms with Gasteiger partial charge in [0.25, 0.3) is 0 Å². The highest BCUT2D eigenvalue weighted by atomic mass is 32.2. The van der Waals surface area contributed by atoms with E-state index in [2.05, 4.69) is 14.9 Å². The van der Waals surface area contributed by atoms with E-state index in [9.17, 15) is 12.8 Å². The maximum atomic E-state index is 12.9. The summed E-state index contributed by atoms with van der Waals surface area (Å²) in [5.74, 6) is -0.0586. The fraction of sp³-hybridized carbons (Fsp3) is 0.176. The van der Waals surface area contributed by atoms with Gasteiger partial charge < -0.3 is 4.42 Å². The van der Waals surface area contributed by atoms with Gasteiger partial charge in [0.1, 0.15) is 5.82 Å². The van der Waals surface area contributed by atoms with Crippen LogP contribution in [0.15, 0.2) is 51.8 Å². The van der Waals surface area contributed by atoms with Crippen molar-refractivity contribution in [1.29, 1.82) is 0 Å². The van der Waals surface area contributed by atoms with Gasteiger partial charge in [0, 0.05) is 5.56 Å². The molecule has 6 nitrogen and oxygen atoms in total. The first-order chi connectivity index (χ1) is 11.8. The summed E-state index contributed by atoms with van der Waals surface area (Å²) in [6.45, 7) is 3.62. The van der Waals surface area contributed by atoms with Crippen LogP contribution in [0.1, 0.15) is 17.0 Å². The van der Waals surface area contributed by atoms with E-state index in [1.807, 2.05) is 13.8 Å². The van der Waals surface area contributed by atoms with Crippen molar-refractivity contribution in [2.24, 2.45) is 0 Å². The Kier molecular flexibility index (Phi) is 4.65. The first kappa shape index (κ1) is 17.2. The minimum atomic E-state index is -3.69. The first-order valence-electron chi connectivity index (χ1n) is 7.50. The average Bonchev–Trinajstić information content (AvgIpc) is 3.05. The molecule has 0 fully saturated rings. The predicted octanol–water partition coefficient (Wildman–Crippen LogP) is 2.97. The zero-order valence-corrected chi connectivity index (χ0v) is 14.5. The van der Waals surface area contributed by atoms with Crippen LogP contribution in [-0.2, 0) is 16.6 Å². The van der Waals surface area contributed by atoms with Gasteiger partial charge in [0.05, 0.1) is 11.4 Å². The molecule has 1 heterocycles. The van der Waals surface area contributed by atoms with Crippen LogP contribution in [0.5, 0.6) is 0 Å². The third-order valence-electron chi connectivity index (χ3n) is 3.76. The zero-order chi connectivity index (χ0) is 18.0. The Balaban J connectivity index is 1.73. The largest absolute Gasteiger partial charge is 0.419 e. The van der Waals surface area contributed by atoms with E-state index in [1.165, 1.54) is 24.3 Å². The highest BCUT2D eigenvalue weighted by molar-refractivity contribution is 7.89. The highest BCUT2D eigenvalue weighted by Gasteiger charge is 2.17. The molecule has 8 heteroatoms. The van der Waals surface area contributed by atoms with Gasteiger partial charge in [0.2, 0.25) is 21.8 Å². The molecular weight excluding hydrogens is 345 g/mol. The van der Waals surface area contributed by atoms with Crippen LogP contribution >= 0.6 is 0 Å². The number of benzene rings is 2. The van der Waals surface area contributed by atoms with Crippen molar-refractivity contribution in [3.8, 4) is 11.5 Å². The van der Waals surface area contributed by atoms with E-state index in [0.29, 0.717) is 5.56 Å². The van der Waals surface area contributed by atoms with Crippen LogP contribution in [0.3, 0.4) is 0 Å². The van der Waals surface area contributed by atoms with Gasteiger partial charge in [0.15, 0.2) is 0 Å². The molecule has 1 N–H and O–H groups in total. The zero-order valence-electron chi connectivity index (χ0n) is 13.7. The first-order valence-corrected chi connectivity index (χ1v) is 8.99. The maximum Gasteiger partial charge on any atom is 0.247 e. The molecule has 0 unspecified atom stereocenters. The van der Waals surface area contributed by atoms with Crippen molar-refractivity contribution in [1.82, 2.24) is 14.9 Å². The Hall–Kier alpha value is -2.58. The maximum absolute atomic E-state index is 12.9. The van der Waals surface area contributed by atoms with Gasteiger partial charge in [-0.3, -0.25) is 0 Å². The molecule has 0 spiro atoms. The fourth-order valence-electron chi connectivity index (χ4n) is 2.16. The molecule has 130 valence electrons. The van der Waals surface area contributed by atoms with E-state index in [-0.39, 0.29) is 29.0 Å². The Morgan fingerprint density at radius 2 is 1.76 bits per heavy atom. The van der Waals surface area contributed by atoms with Gasteiger partial charge in [-0.15, -0.1) is 10.2 Å². The van der Waals surface area contributed by atoms with Gasteiger partial charge in [-0.25, -0.2) is 17.5 Å². The lowest BCUT2D eigenvalue weighted by atomic mass is 10.1. The highest BCUT2D eigenvalue weighted by Crippen LogP contribution is 2.19. The van der Waals surface area contributed by atoms with Crippen molar-refractivity contribution in [2.75, 3.05) is 0 Å². The molecule has 2 aromatic carbocycles. The second-order valence-electron chi connectivity index (χ2n) is 5.58. The minimum absolute atomic E-state index is 0.117. The monoisotopic (exact) mass is 361 g/mol. The van der Waals surface area contributed by atoms with Crippen molar-refractivity contribution in [2.45, 2.75) is 25.3 Å². The van der Waals surface area contributed by atoms with E-state index in [4.69, 9.17) is 4.42 Å². The summed E-state index contributed by atoms with van der Waals surface area (Å²) < 4.78 is 45.5. The number of rotatable bonds is 5. The van der Waals surface area contributed by atoms with Gasteiger partial charge in [-0.2, -0.15) is 0 Å². The summed E-state index contributed by atoms with van der Waals surface area (Å²) in [4.78, 5) is 0.175. The molecule has 3 rings (SSSR count). The third-order valence-corrected chi connectivity index (χ3v) is 5.16. The molecule has 0 aliphatic rings. The summed E-state index contributed by atoms with van der Waals surface area (Å²) >= 11 is 0. The Labute approximate surface area is 144 Å². The standard InChI is InChI=1S/C17H16FN3O3S/c1-11-3-8-15(9-12(11)2)25(22,23)19-10-16-20-21-17(24-16)13-4-6-14(18)7-5-13/h3-9,19H,10H2,1-2H3. The number of sulfonamides is 1. The molecule has 0 amide bonds. The lowest BCUT2D eigenvalue weighted by molar-refractivity contribution is 0.494. The predicted molar refractivity (Wildman–Crippen MR) is 89.6 cm³/mol. The van der Waals surface area contributed by atoms with Crippen LogP contribution in [0.4, 0.5) is 4.39 Å². The summed E-state index contributed by atoms with van der Waals surface area (Å²) in [6, 6.07) is 10.5. The molecule has 1 aromatic heterocycles. The normalized spacial score (nSPS) is 11.6. The number of nitrogens with zero attached hydrogens (tertiary/aromatic N) is 2. The van der Waals surface area contributed by atoms with Crippen molar-refractivity contribution in [3.05, 3.63) is 65.3 Å². The van der Waals surface area contributed by atoms with Crippen LogP contribution < -0.4 is 4.72 Å². The summed E-state index contributed by atoms with van der Waals surface area (Å²) in [6.07, 6.45) is 0. The van der Waals surface area contributed by atoms with Crippen LogP contribution in [0.25, 0.3) is 11.5 Å². The Morgan fingerprint density at radius 1 is 1.04 bits per heavy atom. The number of aromatic nitrogens is 2. The van der Waals surface area contributed by atoms with Gasteiger partial charge in [-0.1, -0.05) is 6.07 Å². The lowest BCUT2D eigenvalue weighted by Crippen LogP contribution is -2.23. The molecule has 0 aliphatic carbocycles. The van der Waals surface area contributed by atoms with Crippen LogP contribution in [0, 0.1) is 19.7 Å². The molecule has 0 atom stereocenters. The number of hydrogen-bond acceptors (Lipinski definition) is 5. The summed E-state index contributed by atoms with van der Waals surface area (Å²) in [7, 11) is -3.69. The van der Waals surface area contributed by atoms with Crippen molar-refractivity contribution in [3.63, 3.8) is 0 Å². The third kappa shape index (κ3) is 3.92. The average molecular weight is 361 g/mol. The smallest absolute Gasteiger partial charge is 0.247 e. The topological polar surface area (TPSA) is 85.1 Å². The van der Waals surface area contributed by atoms with E-state index in [1.54, 1.807) is 18.2 Å². The molecule has 0 radical (unpaired) electrons. The molecule has 0 aliphatic heterocycles. The fourth-order valence-corrected chi connectivity index (χ4v) is 3.21. The molecule has 0 saturated carbocycles. The van der Waals surface area contributed by atoms with Gasteiger partial charge >= 0.3 is 0 Å². The molecule has 25 heavy (non-hydrogen) atoms. The number of halogens is 1. The molecule has 0 bridgehead atoms. The van der Waals surface area contributed by atoms with Crippen LogP contribution in [0.2, 0.25) is 0 Å². The second kappa shape index (κ2) is 6.73. The summed E-state index contributed by atoms with van der Waals surface area (Å²) in [5, 5.41) is 7.65. The van der Waals surface area contributed by atoms with Crippen molar-refractivity contribution < 1.29 is 17.2 Å². The number of aryl methyl sites for hydroxylation is 2. The Bertz CT molecular complexity index is 998. The second-order valence-corrected chi connectivity index (χ2v) is 7.35. The van der Waals surface area contributed by atoms with E-state index in [0.717, 1.165) is 11.1 Å². The minimum Gasteiger partial charge on any atom is -0.419 e. The molecule has 0 saturated heterocycles. The van der Waals surface area contributed by atoms with E-state index >= 15 is 0 Å². The van der Waals surface area contributed by atoms with Gasteiger partial charge in [-0.05, 0) is 61.4 Å². The quantitative estimate of drug-likeness (QED) is 0.755. The molecular formula is C17H16FN3O3S. The Morgan fingerprint density at radius 3 is 2.44 bits per heavy atom. The number of nitrogens with one attached hydrogen (secondary N) is 1. The molecule has 3 aromatic rings. The van der Waals surface area contributed by atoms with Crippen molar-refractivity contribution >= 4 is 10.0 Å². The SMILES string of the molecule is Cc1ccc(S(=O)(=O)NCc2nnc(-c3ccc(F)cc3)o2)cc1C. The summed E-state index contributed by atoms with van der Waals surface area (Å²) in [5.41, 5.74) is 2.45. The lowest BCUT2D eigenvalue weighted by Gasteiger charge is -2.07. The number of hydrogen-bond donors (Lipinski definition) is 1. The van der Waals surface area contributed by atoms with E-state index < -0.39 is 10.0 Å².